The fourth-order valence-corrected chi connectivity index (χ4v) is 2.50. The summed E-state index contributed by atoms with van der Waals surface area (Å²) in [6, 6.07) is 9.28. The van der Waals surface area contributed by atoms with E-state index in [2.05, 4.69) is 29.1 Å². The van der Waals surface area contributed by atoms with Crippen molar-refractivity contribution in [3.05, 3.63) is 35.9 Å². The first kappa shape index (κ1) is 16.1. The van der Waals surface area contributed by atoms with E-state index in [0.29, 0.717) is 22.7 Å². The molecule has 2 aromatic rings. The van der Waals surface area contributed by atoms with E-state index < -0.39 is 0 Å². The number of nitrogens with one attached hydrogen (secondary N) is 1. The largest absolute Gasteiger partial charge is 0.383 e. The molecule has 1 aromatic carbocycles. The average molecular weight is 317 g/mol. The van der Waals surface area contributed by atoms with Gasteiger partial charge in [-0.25, -0.2) is 9.97 Å². The Morgan fingerprint density at radius 2 is 1.91 bits per heavy atom. The van der Waals surface area contributed by atoms with Crippen molar-refractivity contribution in [3.8, 4) is 0 Å². The van der Waals surface area contributed by atoms with Gasteiger partial charge in [0.15, 0.2) is 5.16 Å². The van der Waals surface area contributed by atoms with E-state index in [1.165, 1.54) is 23.4 Å². The van der Waals surface area contributed by atoms with Gasteiger partial charge in [0.1, 0.15) is 11.6 Å². The highest BCUT2D eigenvalue weighted by Gasteiger charge is 2.08. The minimum absolute atomic E-state index is 0.129. The Balaban J connectivity index is 1.94. The predicted octanol–water partition coefficient (Wildman–Crippen LogP) is 2.50. The number of amides is 1. The van der Waals surface area contributed by atoms with Crippen LogP contribution in [0, 0.1) is 0 Å². The van der Waals surface area contributed by atoms with Gasteiger partial charge in [0, 0.05) is 11.8 Å². The lowest BCUT2D eigenvalue weighted by atomic mass is 10.0. The molecule has 0 saturated carbocycles. The lowest BCUT2D eigenvalue weighted by Crippen LogP contribution is -2.14. The van der Waals surface area contributed by atoms with Crippen LogP contribution in [0.25, 0.3) is 0 Å². The maximum Gasteiger partial charge on any atom is 0.234 e. The summed E-state index contributed by atoms with van der Waals surface area (Å²) in [6.07, 6.45) is 0. The second-order valence-electron chi connectivity index (χ2n) is 5.12. The highest BCUT2D eigenvalue weighted by atomic mass is 32.2. The van der Waals surface area contributed by atoms with Crippen LogP contribution in [-0.2, 0) is 4.79 Å². The zero-order valence-corrected chi connectivity index (χ0v) is 13.4. The zero-order chi connectivity index (χ0) is 16.1. The fraction of sp³-hybridized carbons (Fsp3) is 0.267. The number of hydrogen-bond acceptors (Lipinski definition) is 6. The zero-order valence-electron chi connectivity index (χ0n) is 12.5. The van der Waals surface area contributed by atoms with E-state index in [1.807, 2.05) is 24.3 Å². The van der Waals surface area contributed by atoms with Crippen LogP contribution in [0.1, 0.15) is 25.3 Å². The van der Waals surface area contributed by atoms with Gasteiger partial charge in [-0.2, -0.15) is 0 Å². The molecule has 116 valence electrons. The van der Waals surface area contributed by atoms with Crippen LogP contribution in [0.3, 0.4) is 0 Å². The minimum atomic E-state index is -0.129. The predicted molar refractivity (Wildman–Crippen MR) is 90.7 cm³/mol. The molecule has 1 amide bonds. The van der Waals surface area contributed by atoms with E-state index in [9.17, 15) is 4.79 Å². The van der Waals surface area contributed by atoms with Crippen molar-refractivity contribution < 1.29 is 4.79 Å². The highest BCUT2D eigenvalue weighted by Crippen LogP contribution is 2.20. The van der Waals surface area contributed by atoms with E-state index in [0.717, 1.165) is 5.69 Å². The number of nitrogen functional groups attached to an aromatic ring is 2. The molecule has 0 unspecified atom stereocenters. The van der Waals surface area contributed by atoms with Gasteiger partial charge in [-0.3, -0.25) is 4.79 Å². The quantitative estimate of drug-likeness (QED) is 0.578. The topological polar surface area (TPSA) is 107 Å². The van der Waals surface area contributed by atoms with Crippen molar-refractivity contribution in [3.63, 3.8) is 0 Å². The van der Waals surface area contributed by atoms with Gasteiger partial charge < -0.3 is 16.8 Å². The minimum Gasteiger partial charge on any atom is -0.383 e. The number of rotatable bonds is 5. The molecule has 6 nitrogen and oxygen atoms in total. The van der Waals surface area contributed by atoms with E-state index in [-0.39, 0.29) is 11.7 Å². The molecular weight excluding hydrogens is 298 g/mol. The number of carbonyl (C=O) groups excluding carboxylic acids is 1. The lowest BCUT2D eigenvalue weighted by molar-refractivity contribution is -0.113. The number of hydrogen-bond donors (Lipinski definition) is 3. The van der Waals surface area contributed by atoms with Crippen LogP contribution in [0.4, 0.5) is 17.3 Å². The van der Waals surface area contributed by atoms with Crippen LogP contribution >= 0.6 is 11.8 Å². The Hall–Kier alpha value is -2.28. The van der Waals surface area contributed by atoms with Gasteiger partial charge in [0.05, 0.1) is 5.75 Å². The van der Waals surface area contributed by atoms with Crippen LogP contribution in [0.15, 0.2) is 35.5 Å². The Kier molecular flexibility index (Phi) is 5.21. The summed E-state index contributed by atoms with van der Waals surface area (Å²) in [5, 5.41) is 3.25. The van der Waals surface area contributed by atoms with Gasteiger partial charge >= 0.3 is 0 Å². The van der Waals surface area contributed by atoms with E-state index >= 15 is 0 Å². The lowest BCUT2D eigenvalue weighted by Gasteiger charge is -2.09. The van der Waals surface area contributed by atoms with Crippen LogP contribution in [-0.4, -0.2) is 21.6 Å². The molecule has 7 heteroatoms. The Morgan fingerprint density at radius 3 is 2.55 bits per heavy atom. The van der Waals surface area contributed by atoms with Crippen molar-refractivity contribution in [1.82, 2.24) is 9.97 Å². The Morgan fingerprint density at radius 1 is 1.23 bits per heavy atom. The Labute approximate surface area is 133 Å². The number of nitrogens with two attached hydrogens (primary N) is 2. The van der Waals surface area contributed by atoms with Crippen molar-refractivity contribution in [1.29, 1.82) is 0 Å². The average Bonchev–Trinajstić information content (AvgIpc) is 2.44. The third-order valence-corrected chi connectivity index (χ3v) is 3.76. The molecule has 0 aliphatic heterocycles. The molecule has 1 aromatic heterocycles. The number of thioether (sulfide) groups is 1. The summed E-state index contributed by atoms with van der Waals surface area (Å²) >= 11 is 1.19. The summed E-state index contributed by atoms with van der Waals surface area (Å²) in [4.78, 5) is 20.0. The summed E-state index contributed by atoms with van der Waals surface area (Å²) in [5.41, 5.74) is 13.1. The monoisotopic (exact) mass is 317 g/mol. The number of anilines is 3. The Bertz CT molecular complexity index is 654. The van der Waals surface area contributed by atoms with Crippen molar-refractivity contribution in [2.24, 2.45) is 0 Å². The summed E-state index contributed by atoms with van der Waals surface area (Å²) in [5.74, 6) is 1.06. The number of benzene rings is 1. The van der Waals surface area contributed by atoms with Crippen molar-refractivity contribution >= 4 is 35.0 Å². The highest BCUT2D eigenvalue weighted by molar-refractivity contribution is 7.99. The molecule has 22 heavy (non-hydrogen) atoms. The third kappa shape index (κ3) is 4.63. The standard InChI is InChI=1S/C15H19N5OS/c1-9(2)10-4-3-5-11(6-10)18-14(21)8-22-15-19-12(16)7-13(17)20-15/h3-7,9H,8H2,1-2H3,(H,18,21)(H4,16,17,19,20). The summed E-state index contributed by atoms with van der Waals surface area (Å²) in [6.45, 7) is 4.22. The van der Waals surface area contributed by atoms with Crippen molar-refractivity contribution in [2.45, 2.75) is 24.9 Å². The smallest absolute Gasteiger partial charge is 0.234 e. The first-order chi connectivity index (χ1) is 10.4. The number of nitrogens with zero attached hydrogens (tertiary/aromatic N) is 2. The molecule has 0 atom stereocenters. The molecule has 0 bridgehead atoms. The van der Waals surface area contributed by atoms with Crippen molar-refractivity contribution in [2.75, 3.05) is 22.5 Å². The second kappa shape index (κ2) is 7.13. The molecule has 5 N–H and O–H groups in total. The third-order valence-electron chi connectivity index (χ3n) is 2.91. The van der Waals surface area contributed by atoms with Crippen LogP contribution in [0.2, 0.25) is 0 Å². The SMILES string of the molecule is CC(C)c1cccc(NC(=O)CSc2nc(N)cc(N)n2)c1. The molecule has 0 fully saturated rings. The molecular formula is C15H19N5OS. The van der Waals surface area contributed by atoms with Gasteiger partial charge in [-0.1, -0.05) is 37.7 Å². The summed E-state index contributed by atoms with van der Waals surface area (Å²) < 4.78 is 0. The normalized spacial score (nSPS) is 10.7. The molecule has 0 spiro atoms. The van der Waals surface area contributed by atoms with Gasteiger partial charge in [-0.05, 0) is 23.6 Å². The molecule has 0 saturated heterocycles. The number of carbonyl (C=O) groups is 1. The maximum atomic E-state index is 12.0. The molecule has 0 aliphatic rings. The molecule has 0 radical (unpaired) electrons. The van der Waals surface area contributed by atoms with Crippen LogP contribution < -0.4 is 16.8 Å². The molecule has 2 rings (SSSR count). The summed E-state index contributed by atoms with van der Waals surface area (Å²) in [7, 11) is 0. The number of aromatic nitrogens is 2. The molecule has 1 heterocycles. The first-order valence-electron chi connectivity index (χ1n) is 6.86. The maximum absolute atomic E-state index is 12.0. The fourth-order valence-electron chi connectivity index (χ4n) is 1.83. The van der Waals surface area contributed by atoms with E-state index in [4.69, 9.17) is 11.5 Å². The molecule has 0 aliphatic carbocycles. The van der Waals surface area contributed by atoms with Crippen LogP contribution in [0.5, 0.6) is 0 Å². The van der Waals surface area contributed by atoms with Gasteiger partial charge in [0.25, 0.3) is 0 Å². The van der Waals surface area contributed by atoms with Gasteiger partial charge in [-0.15, -0.1) is 0 Å². The first-order valence-corrected chi connectivity index (χ1v) is 7.85. The van der Waals surface area contributed by atoms with E-state index in [1.54, 1.807) is 0 Å². The second-order valence-corrected chi connectivity index (χ2v) is 6.06. The van der Waals surface area contributed by atoms with Gasteiger partial charge in [0.2, 0.25) is 5.91 Å².